The van der Waals surface area contributed by atoms with Gasteiger partial charge in [0.15, 0.2) is 23.1 Å². The van der Waals surface area contributed by atoms with Gasteiger partial charge in [0.1, 0.15) is 34.0 Å². The lowest BCUT2D eigenvalue weighted by Gasteiger charge is -2.29. The van der Waals surface area contributed by atoms with E-state index in [0.29, 0.717) is 29.6 Å². The zero-order valence-electron chi connectivity index (χ0n) is 20.5. The van der Waals surface area contributed by atoms with Crippen molar-refractivity contribution in [1.29, 1.82) is 0 Å². The minimum absolute atomic E-state index is 0.0202. The van der Waals surface area contributed by atoms with Crippen LogP contribution in [0.15, 0.2) is 50.4 Å². The third kappa shape index (κ3) is 3.53. The van der Waals surface area contributed by atoms with Crippen LogP contribution in [-0.4, -0.2) is 44.2 Å². The molecule has 0 bridgehead atoms. The van der Waals surface area contributed by atoms with E-state index in [-0.39, 0.29) is 46.1 Å². The number of Topliss-reactive ketones (excluding diaryl/α,β-unsaturated/α-hetero) is 2. The van der Waals surface area contributed by atoms with Crippen LogP contribution >= 0.6 is 0 Å². The number of nitrogens with zero attached hydrogens (tertiary/aromatic N) is 2. The fourth-order valence-electron chi connectivity index (χ4n) is 4.67. The minimum atomic E-state index is -1.57. The number of ether oxygens (including phenoxy) is 1. The Bertz CT molecular complexity index is 1540. The van der Waals surface area contributed by atoms with Crippen molar-refractivity contribution in [3.63, 3.8) is 0 Å². The Kier molecular flexibility index (Phi) is 5.50. The number of furan rings is 1. The van der Waals surface area contributed by atoms with E-state index in [1.807, 2.05) is 0 Å². The van der Waals surface area contributed by atoms with Crippen LogP contribution < -0.4 is 10.1 Å². The molecule has 3 aromatic rings. The van der Waals surface area contributed by atoms with Gasteiger partial charge in [-0.2, -0.15) is 4.98 Å². The summed E-state index contributed by atoms with van der Waals surface area (Å²) in [5, 5.41) is 28.3. The smallest absolute Gasteiger partial charge is 0.238 e. The van der Waals surface area contributed by atoms with Crippen molar-refractivity contribution in [3.05, 3.63) is 64.1 Å². The number of aromatic hydroxyl groups is 2. The first-order chi connectivity index (χ1) is 17.6. The number of nitrogens with one attached hydrogen (secondary N) is 1. The molecule has 1 aliphatic heterocycles. The van der Waals surface area contributed by atoms with Crippen molar-refractivity contribution in [2.24, 2.45) is 0 Å². The zero-order chi connectivity index (χ0) is 26.6. The molecule has 3 N–H and O–H groups in total. The van der Waals surface area contributed by atoms with E-state index < -0.39 is 28.5 Å². The summed E-state index contributed by atoms with van der Waals surface area (Å²) in [6, 6.07) is 3.41. The van der Waals surface area contributed by atoms with Gasteiger partial charge in [0.2, 0.25) is 11.7 Å². The summed E-state index contributed by atoms with van der Waals surface area (Å²) in [5.74, 6) is -1.55. The lowest BCUT2D eigenvalue weighted by molar-refractivity contribution is -0.123. The van der Waals surface area contributed by atoms with Crippen molar-refractivity contribution in [3.8, 4) is 28.8 Å². The highest BCUT2D eigenvalue weighted by molar-refractivity contribution is 6.31. The molecule has 0 radical (unpaired) electrons. The molecule has 190 valence electrons. The van der Waals surface area contributed by atoms with Crippen molar-refractivity contribution >= 4 is 17.3 Å². The van der Waals surface area contributed by atoms with Gasteiger partial charge in [-0.3, -0.25) is 14.4 Å². The first-order valence-corrected chi connectivity index (χ1v) is 11.5. The maximum absolute atomic E-state index is 13.8. The van der Waals surface area contributed by atoms with E-state index in [4.69, 9.17) is 13.7 Å². The standard InChI is InChI=1S/C26H23N3O8/c1-11-21(32)19(13(3)30)23-20(22(11)33)26(4)16(36-23)10-14(31)18(24(26)34)12(2)27-8-7-17-28-25(29-37-17)15-6-5-9-35-15/h5-6,9-10,27,32-33H,7-8H2,1-4H3/b18-12+/t26-/m1/s1. The van der Waals surface area contributed by atoms with E-state index in [9.17, 15) is 24.6 Å². The van der Waals surface area contributed by atoms with Gasteiger partial charge >= 0.3 is 0 Å². The summed E-state index contributed by atoms with van der Waals surface area (Å²) in [6.45, 7) is 6.06. The minimum Gasteiger partial charge on any atom is -0.507 e. The summed E-state index contributed by atoms with van der Waals surface area (Å²) in [7, 11) is 0. The van der Waals surface area contributed by atoms with Crippen LogP contribution in [0.2, 0.25) is 0 Å². The lowest BCUT2D eigenvalue weighted by atomic mass is 9.70. The van der Waals surface area contributed by atoms with Gasteiger partial charge in [0, 0.05) is 30.3 Å². The Labute approximate surface area is 210 Å². The predicted octanol–water partition coefficient (Wildman–Crippen LogP) is 3.04. The van der Waals surface area contributed by atoms with E-state index in [1.54, 1.807) is 19.1 Å². The van der Waals surface area contributed by atoms with Gasteiger partial charge in [-0.25, -0.2) is 0 Å². The molecular weight excluding hydrogens is 482 g/mol. The monoisotopic (exact) mass is 505 g/mol. The quantitative estimate of drug-likeness (QED) is 0.256. The number of ketones is 3. The largest absolute Gasteiger partial charge is 0.507 e. The first kappa shape index (κ1) is 24.0. The molecular formula is C26H23N3O8. The number of rotatable bonds is 6. The highest BCUT2D eigenvalue weighted by atomic mass is 16.5. The molecule has 11 heteroatoms. The van der Waals surface area contributed by atoms with Crippen LogP contribution in [-0.2, 0) is 21.4 Å². The molecule has 0 amide bonds. The molecule has 0 unspecified atom stereocenters. The second-order valence-electron chi connectivity index (χ2n) is 9.05. The van der Waals surface area contributed by atoms with Gasteiger partial charge in [-0.05, 0) is 39.8 Å². The molecule has 0 saturated heterocycles. The molecule has 0 spiro atoms. The average molecular weight is 505 g/mol. The third-order valence-electron chi connectivity index (χ3n) is 6.70. The number of carbonyl (C=O) groups excluding carboxylic acids is 3. The summed E-state index contributed by atoms with van der Waals surface area (Å²) < 4.78 is 16.2. The summed E-state index contributed by atoms with van der Waals surface area (Å²) in [6.07, 6.45) is 2.98. The number of phenols is 2. The number of hydrogen-bond acceptors (Lipinski definition) is 11. The van der Waals surface area contributed by atoms with Crippen LogP contribution in [0.25, 0.3) is 11.6 Å². The van der Waals surface area contributed by atoms with Crippen LogP contribution in [0.1, 0.15) is 48.1 Å². The summed E-state index contributed by atoms with van der Waals surface area (Å²) in [4.78, 5) is 43.3. The Balaban J connectivity index is 1.45. The third-order valence-corrected chi connectivity index (χ3v) is 6.70. The van der Waals surface area contributed by atoms with Crippen molar-refractivity contribution in [2.45, 2.75) is 39.5 Å². The predicted molar refractivity (Wildman–Crippen MR) is 127 cm³/mol. The zero-order valence-corrected chi connectivity index (χ0v) is 20.5. The van der Waals surface area contributed by atoms with Crippen LogP contribution in [0.3, 0.4) is 0 Å². The van der Waals surface area contributed by atoms with Crippen LogP contribution in [0.5, 0.6) is 17.2 Å². The molecule has 2 aliphatic rings. The lowest BCUT2D eigenvalue weighted by Crippen LogP contribution is -2.41. The topological polar surface area (TPSA) is 165 Å². The number of fused-ring (bicyclic) bond motifs is 3. The molecule has 1 aliphatic carbocycles. The molecule has 0 fully saturated rings. The number of allylic oxidation sites excluding steroid dienone is 4. The van der Waals surface area contributed by atoms with Crippen molar-refractivity contribution in [2.75, 3.05) is 6.54 Å². The van der Waals surface area contributed by atoms with Gasteiger partial charge in [0.05, 0.1) is 17.4 Å². The van der Waals surface area contributed by atoms with Crippen molar-refractivity contribution < 1.29 is 38.3 Å². The SMILES string of the molecule is CC(=O)c1c(O)c(C)c(O)c2c1OC1=CC(=O)/C(=C(/C)NCCc3nc(-c4ccco4)no3)C(=O)[C@]12C. The molecule has 5 rings (SSSR count). The fraction of sp³-hybridized carbons (Fsp3) is 0.269. The Morgan fingerprint density at radius 3 is 2.62 bits per heavy atom. The van der Waals surface area contributed by atoms with Gasteiger partial charge in [-0.1, -0.05) is 5.16 Å². The second-order valence-corrected chi connectivity index (χ2v) is 9.05. The molecule has 1 atom stereocenters. The highest BCUT2D eigenvalue weighted by Gasteiger charge is 2.56. The van der Waals surface area contributed by atoms with Gasteiger partial charge < -0.3 is 29.2 Å². The Hall–Kier alpha value is -4.67. The van der Waals surface area contributed by atoms with E-state index in [2.05, 4.69) is 15.5 Å². The summed E-state index contributed by atoms with van der Waals surface area (Å²) >= 11 is 0. The number of carbonyl (C=O) groups is 3. The van der Waals surface area contributed by atoms with Crippen molar-refractivity contribution in [1.82, 2.24) is 15.5 Å². The Morgan fingerprint density at radius 1 is 1.19 bits per heavy atom. The van der Waals surface area contributed by atoms with Crippen LogP contribution in [0.4, 0.5) is 0 Å². The number of benzene rings is 1. The first-order valence-electron chi connectivity index (χ1n) is 11.5. The van der Waals surface area contributed by atoms with E-state index in [1.165, 1.54) is 33.1 Å². The molecule has 11 nitrogen and oxygen atoms in total. The van der Waals surface area contributed by atoms with Gasteiger partial charge in [0.25, 0.3) is 0 Å². The molecule has 0 saturated carbocycles. The van der Waals surface area contributed by atoms with Crippen LogP contribution in [0, 0.1) is 6.92 Å². The van der Waals surface area contributed by atoms with E-state index in [0.717, 1.165) is 0 Å². The number of phenolic OH excluding ortho intramolecular Hbond substituents is 2. The maximum atomic E-state index is 13.8. The Morgan fingerprint density at radius 2 is 1.95 bits per heavy atom. The number of aromatic nitrogens is 2. The highest BCUT2D eigenvalue weighted by Crippen LogP contribution is 2.57. The van der Waals surface area contributed by atoms with Gasteiger partial charge in [-0.15, -0.1) is 0 Å². The average Bonchev–Trinajstić information content (AvgIpc) is 3.58. The molecule has 2 aromatic heterocycles. The molecule has 1 aromatic carbocycles. The number of hydrogen-bond donors (Lipinski definition) is 3. The second kappa shape index (κ2) is 8.47. The molecule has 37 heavy (non-hydrogen) atoms. The van der Waals surface area contributed by atoms with E-state index >= 15 is 0 Å². The summed E-state index contributed by atoms with van der Waals surface area (Å²) in [5.41, 5.74) is -1.45. The molecule has 3 heterocycles. The normalized spacial score (nSPS) is 19.7. The maximum Gasteiger partial charge on any atom is 0.238 e. The fourth-order valence-corrected chi connectivity index (χ4v) is 4.67.